The van der Waals surface area contributed by atoms with Crippen molar-refractivity contribution in [2.75, 3.05) is 6.61 Å². The second-order valence-electron chi connectivity index (χ2n) is 10.1. The second-order valence-corrected chi connectivity index (χ2v) is 10.1. The summed E-state index contributed by atoms with van der Waals surface area (Å²) in [6.45, 7) is 0.818. The Balaban J connectivity index is 1.79. The smallest absolute Gasteiger partial charge is 0.331 e. The summed E-state index contributed by atoms with van der Waals surface area (Å²) in [7, 11) is 0. The van der Waals surface area contributed by atoms with Crippen molar-refractivity contribution < 1.29 is 24.9 Å². The van der Waals surface area contributed by atoms with E-state index in [1.165, 1.54) is 0 Å². The maximum atomic E-state index is 13.4. The van der Waals surface area contributed by atoms with Gasteiger partial charge < -0.3 is 20.1 Å². The number of hydrogen-bond acceptors (Lipinski definition) is 8. The Labute approximate surface area is 221 Å². The maximum absolute atomic E-state index is 13.4. The fraction of sp³-hybridized carbons (Fsp3) is 0.276. The average molecular weight is 530 g/mol. The second kappa shape index (κ2) is 8.54. The summed E-state index contributed by atoms with van der Waals surface area (Å²) < 4.78 is 7.09. The summed E-state index contributed by atoms with van der Waals surface area (Å²) in [6.07, 6.45) is -0.476. The fourth-order valence-electron chi connectivity index (χ4n) is 6.20. The lowest BCUT2D eigenvalue weighted by atomic mass is 9.74. The molecule has 0 amide bonds. The van der Waals surface area contributed by atoms with Crippen LogP contribution in [-0.2, 0) is 15.3 Å². The molecule has 39 heavy (non-hydrogen) atoms. The van der Waals surface area contributed by atoms with Gasteiger partial charge >= 0.3 is 5.69 Å². The SMILES string of the molecule is CCCC(=O)[C@@]1(O)[C@@H](CO)O[C@@](c2ccc3ccc4cccc5ccc2c3c45)(n2ccc(=O)[nH]c2=O)[C@]1(N)O. The number of carbonyl (C=O) groups excluding carboxylic acids is 1. The highest BCUT2D eigenvalue weighted by Gasteiger charge is 2.76. The molecule has 0 unspecified atom stereocenters. The van der Waals surface area contributed by atoms with Crippen molar-refractivity contribution in [3.8, 4) is 0 Å². The molecule has 1 aliphatic rings. The molecule has 1 aromatic heterocycles. The van der Waals surface area contributed by atoms with Crippen LogP contribution >= 0.6 is 0 Å². The van der Waals surface area contributed by atoms with E-state index in [0.717, 1.165) is 43.8 Å². The van der Waals surface area contributed by atoms with E-state index in [9.17, 15) is 29.7 Å². The number of aromatic amines is 1. The number of aliphatic hydroxyl groups excluding tert-OH is 1. The first-order valence-corrected chi connectivity index (χ1v) is 12.7. The third-order valence-electron chi connectivity index (χ3n) is 8.00. The molecule has 10 heteroatoms. The van der Waals surface area contributed by atoms with Crippen LogP contribution in [0.4, 0.5) is 0 Å². The molecule has 4 atom stereocenters. The fourth-order valence-corrected chi connectivity index (χ4v) is 6.20. The Kier molecular flexibility index (Phi) is 5.55. The summed E-state index contributed by atoms with van der Waals surface area (Å²) in [5.41, 5.74) is -3.21. The van der Waals surface area contributed by atoms with Crippen LogP contribution in [0.25, 0.3) is 32.3 Å². The van der Waals surface area contributed by atoms with Gasteiger partial charge in [0.15, 0.2) is 11.4 Å². The van der Waals surface area contributed by atoms with Crippen LogP contribution < -0.4 is 17.0 Å². The standard InChI is InChI=1S/C29H27N3O7/c1-2-4-21(34)27(37)22(15-33)39-28(29(27,30)38,32-14-13-23(35)31-26(32)36)20-12-10-18-8-7-16-5-3-6-17-9-11-19(20)25(18)24(16)17/h3,5-14,22,33,37-38H,2,4,15,30H2,1H3,(H,31,35,36)/t22-,27-,28-,29-/m1/s1. The molecule has 0 aliphatic carbocycles. The molecule has 0 bridgehead atoms. The van der Waals surface area contributed by atoms with Gasteiger partial charge in [-0.2, -0.15) is 0 Å². The van der Waals surface area contributed by atoms with Crippen LogP contribution in [-0.4, -0.2) is 54.7 Å². The van der Waals surface area contributed by atoms with Crippen LogP contribution in [0, 0.1) is 0 Å². The van der Waals surface area contributed by atoms with Crippen LogP contribution in [0.15, 0.2) is 76.4 Å². The van der Waals surface area contributed by atoms with Gasteiger partial charge in [0.25, 0.3) is 5.56 Å². The Hall–Kier alpha value is -3.93. The minimum absolute atomic E-state index is 0.158. The van der Waals surface area contributed by atoms with Crippen molar-refractivity contribution in [1.29, 1.82) is 0 Å². The number of benzene rings is 4. The van der Waals surface area contributed by atoms with Crippen molar-refractivity contribution in [3.05, 3.63) is 93.3 Å². The highest BCUT2D eigenvalue weighted by Crippen LogP contribution is 2.53. The molecule has 5 aromatic rings. The van der Waals surface area contributed by atoms with Crippen molar-refractivity contribution >= 4 is 38.1 Å². The molecule has 1 aliphatic heterocycles. The molecule has 1 fully saturated rings. The first kappa shape index (κ1) is 25.4. The average Bonchev–Trinajstić information content (AvgIpc) is 3.10. The number of rotatable bonds is 6. The minimum atomic E-state index is -2.98. The molecule has 0 radical (unpaired) electrons. The van der Waals surface area contributed by atoms with Crippen molar-refractivity contribution in [1.82, 2.24) is 9.55 Å². The Morgan fingerprint density at radius 1 is 1.00 bits per heavy atom. The van der Waals surface area contributed by atoms with Gasteiger partial charge in [-0.25, -0.2) is 4.79 Å². The van der Waals surface area contributed by atoms with E-state index in [2.05, 4.69) is 4.98 Å². The first-order valence-electron chi connectivity index (χ1n) is 12.7. The third kappa shape index (κ3) is 3.11. The van der Waals surface area contributed by atoms with Crippen LogP contribution in [0.2, 0.25) is 0 Å². The van der Waals surface area contributed by atoms with Crippen LogP contribution in [0.1, 0.15) is 25.3 Å². The Morgan fingerprint density at radius 2 is 1.64 bits per heavy atom. The van der Waals surface area contributed by atoms with E-state index >= 15 is 0 Å². The van der Waals surface area contributed by atoms with Gasteiger partial charge in [0, 0.05) is 24.2 Å². The normalized spacial score (nSPS) is 27.2. The van der Waals surface area contributed by atoms with Gasteiger partial charge in [0.2, 0.25) is 11.4 Å². The monoisotopic (exact) mass is 529 g/mol. The van der Waals surface area contributed by atoms with E-state index in [1.54, 1.807) is 25.1 Å². The van der Waals surface area contributed by atoms with Crippen molar-refractivity contribution in [3.63, 3.8) is 0 Å². The topological polar surface area (TPSA) is 168 Å². The number of nitrogens with one attached hydrogen (secondary N) is 1. The number of aliphatic hydroxyl groups is 3. The molecule has 6 rings (SSSR count). The predicted octanol–water partition coefficient (Wildman–Crippen LogP) is 1.27. The zero-order valence-corrected chi connectivity index (χ0v) is 21.0. The number of H-pyrrole nitrogens is 1. The van der Waals surface area contributed by atoms with Gasteiger partial charge in [-0.15, -0.1) is 0 Å². The maximum Gasteiger partial charge on any atom is 0.331 e. The van der Waals surface area contributed by atoms with Gasteiger partial charge in [-0.1, -0.05) is 61.5 Å². The first-order chi connectivity index (χ1) is 18.6. The number of ether oxygens (including phenoxy) is 1. The molecular weight excluding hydrogens is 502 g/mol. The lowest BCUT2D eigenvalue weighted by molar-refractivity contribution is -0.191. The lowest BCUT2D eigenvalue weighted by Gasteiger charge is -2.44. The lowest BCUT2D eigenvalue weighted by Crippen LogP contribution is -2.74. The summed E-state index contributed by atoms with van der Waals surface area (Å²) in [5, 5.41) is 39.3. The van der Waals surface area contributed by atoms with E-state index in [1.807, 2.05) is 36.4 Å². The molecular formula is C29H27N3O7. The number of Topliss-reactive ketones (excluding diaryl/α,β-unsaturated/α-hetero) is 1. The molecule has 4 aromatic carbocycles. The van der Waals surface area contributed by atoms with E-state index in [4.69, 9.17) is 10.5 Å². The summed E-state index contributed by atoms with van der Waals surface area (Å²) >= 11 is 0. The molecule has 10 nitrogen and oxygen atoms in total. The van der Waals surface area contributed by atoms with E-state index in [-0.39, 0.29) is 12.0 Å². The van der Waals surface area contributed by atoms with Gasteiger partial charge in [-0.05, 0) is 38.7 Å². The number of nitrogens with zero attached hydrogens (tertiary/aromatic N) is 1. The van der Waals surface area contributed by atoms with Crippen molar-refractivity contribution in [2.24, 2.45) is 5.73 Å². The van der Waals surface area contributed by atoms with Crippen LogP contribution in [0.3, 0.4) is 0 Å². The van der Waals surface area contributed by atoms with Gasteiger partial charge in [0.1, 0.15) is 6.10 Å². The van der Waals surface area contributed by atoms with Gasteiger partial charge in [0.05, 0.1) is 6.61 Å². The number of aromatic nitrogens is 2. The highest BCUT2D eigenvalue weighted by molar-refractivity contribution is 6.23. The van der Waals surface area contributed by atoms with E-state index in [0.29, 0.717) is 11.8 Å². The van der Waals surface area contributed by atoms with Crippen molar-refractivity contribution in [2.45, 2.75) is 42.9 Å². The Morgan fingerprint density at radius 3 is 2.28 bits per heavy atom. The molecule has 2 heterocycles. The third-order valence-corrected chi connectivity index (χ3v) is 8.00. The van der Waals surface area contributed by atoms with Crippen LogP contribution in [0.5, 0.6) is 0 Å². The van der Waals surface area contributed by atoms with E-state index < -0.39 is 46.8 Å². The zero-order chi connectivity index (χ0) is 27.7. The summed E-state index contributed by atoms with van der Waals surface area (Å²) in [6, 6.07) is 17.9. The molecule has 0 saturated carbocycles. The molecule has 1 saturated heterocycles. The van der Waals surface area contributed by atoms with Gasteiger partial charge in [-0.3, -0.25) is 24.9 Å². The number of hydrogen-bond donors (Lipinski definition) is 5. The zero-order valence-electron chi connectivity index (χ0n) is 21.0. The largest absolute Gasteiger partial charge is 0.394 e. The molecule has 200 valence electrons. The predicted molar refractivity (Wildman–Crippen MR) is 145 cm³/mol. The number of ketones is 1. The molecule has 0 spiro atoms. The summed E-state index contributed by atoms with van der Waals surface area (Å²) in [4.78, 5) is 40.8. The number of carbonyl (C=O) groups is 1. The molecule has 6 N–H and O–H groups in total. The minimum Gasteiger partial charge on any atom is -0.394 e. The quantitative estimate of drug-likeness (QED) is 0.162. The highest BCUT2D eigenvalue weighted by atomic mass is 16.6. The summed E-state index contributed by atoms with van der Waals surface area (Å²) in [5.74, 6) is -0.855. The Bertz CT molecular complexity index is 1860. The number of nitrogens with two attached hydrogens (primary N) is 1.